The first-order valence-electron chi connectivity index (χ1n) is 5.20. The van der Waals surface area contributed by atoms with Gasteiger partial charge in [0.2, 0.25) is 0 Å². The Bertz CT molecular complexity index is 307. The minimum absolute atomic E-state index is 0.295. The van der Waals surface area contributed by atoms with Gasteiger partial charge >= 0.3 is 0 Å². The molecule has 1 aliphatic rings. The number of aliphatic hydroxyl groups is 1. The van der Waals surface area contributed by atoms with Crippen LogP contribution in [0.3, 0.4) is 0 Å². The number of hydrogen-bond acceptors (Lipinski definition) is 1. The normalized spacial score (nSPS) is 19.0. The minimum atomic E-state index is -0.295. The zero-order valence-corrected chi connectivity index (χ0v) is 9.70. The van der Waals surface area contributed by atoms with E-state index in [1.54, 1.807) is 0 Å². The zero-order chi connectivity index (χ0) is 9.97. The Morgan fingerprint density at radius 1 is 1.36 bits per heavy atom. The lowest BCUT2D eigenvalue weighted by Crippen LogP contribution is -2.15. The third-order valence-electron chi connectivity index (χ3n) is 3.05. The molecule has 0 heterocycles. The highest BCUT2D eigenvalue weighted by Gasteiger charge is 2.22. The Morgan fingerprint density at radius 2 is 2.07 bits per heavy atom. The molecule has 0 aromatic heterocycles. The second kappa shape index (κ2) is 4.45. The fourth-order valence-electron chi connectivity index (χ4n) is 1.92. The molecule has 1 fully saturated rings. The topological polar surface area (TPSA) is 20.2 Å². The highest BCUT2D eigenvalue weighted by atomic mass is 79.9. The van der Waals surface area contributed by atoms with Gasteiger partial charge < -0.3 is 5.11 Å². The summed E-state index contributed by atoms with van der Waals surface area (Å²) in [4.78, 5) is 0. The van der Waals surface area contributed by atoms with Crippen molar-refractivity contribution in [3.8, 4) is 0 Å². The van der Waals surface area contributed by atoms with Gasteiger partial charge in [0.1, 0.15) is 0 Å². The lowest BCUT2D eigenvalue weighted by molar-refractivity contribution is 0.118. The van der Waals surface area contributed by atoms with Crippen molar-refractivity contribution < 1.29 is 5.11 Å². The molecule has 1 saturated carbocycles. The van der Waals surface area contributed by atoms with E-state index in [-0.39, 0.29) is 6.10 Å². The third-order valence-corrected chi connectivity index (χ3v) is 3.77. The Morgan fingerprint density at radius 3 is 2.64 bits per heavy atom. The smallest absolute Gasteiger partial charge is 0.0803 e. The Labute approximate surface area is 93.3 Å². The first kappa shape index (κ1) is 10.2. The molecule has 2 rings (SSSR count). The molecule has 1 nitrogen and oxygen atoms in total. The van der Waals surface area contributed by atoms with E-state index in [1.807, 2.05) is 24.3 Å². The molecular weight excluding hydrogens is 240 g/mol. The SMILES string of the molecule is OC(CC1CCC1)c1ccccc1Br. The van der Waals surface area contributed by atoms with Crippen LogP contribution >= 0.6 is 15.9 Å². The van der Waals surface area contributed by atoms with Crippen LogP contribution in [0.1, 0.15) is 37.4 Å². The zero-order valence-electron chi connectivity index (χ0n) is 8.12. The standard InChI is InChI=1S/C12H15BrO/c13-11-7-2-1-6-10(11)12(14)8-9-4-3-5-9/h1-2,6-7,9,12,14H,3-5,8H2. The van der Waals surface area contributed by atoms with E-state index in [4.69, 9.17) is 0 Å². The van der Waals surface area contributed by atoms with Gasteiger partial charge in [0.15, 0.2) is 0 Å². The molecule has 76 valence electrons. The molecule has 0 amide bonds. The van der Waals surface area contributed by atoms with Gasteiger partial charge in [0, 0.05) is 4.47 Å². The molecule has 0 radical (unpaired) electrons. The van der Waals surface area contributed by atoms with Crippen LogP contribution in [-0.2, 0) is 0 Å². The van der Waals surface area contributed by atoms with Crippen molar-refractivity contribution in [1.29, 1.82) is 0 Å². The van der Waals surface area contributed by atoms with Gasteiger partial charge in [-0.15, -0.1) is 0 Å². The molecule has 1 aliphatic carbocycles. The van der Waals surface area contributed by atoms with Gasteiger partial charge in [-0.05, 0) is 24.0 Å². The van der Waals surface area contributed by atoms with E-state index >= 15 is 0 Å². The van der Waals surface area contributed by atoms with Crippen molar-refractivity contribution >= 4 is 15.9 Å². The predicted octanol–water partition coefficient (Wildman–Crippen LogP) is 3.67. The molecule has 0 saturated heterocycles. The molecule has 0 spiro atoms. The lowest BCUT2D eigenvalue weighted by atomic mass is 9.80. The first-order chi connectivity index (χ1) is 6.77. The van der Waals surface area contributed by atoms with Gasteiger partial charge in [0.25, 0.3) is 0 Å². The molecule has 0 aliphatic heterocycles. The summed E-state index contributed by atoms with van der Waals surface area (Å²) in [6, 6.07) is 7.93. The largest absolute Gasteiger partial charge is 0.388 e. The van der Waals surface area contributed by atoms with Crippen molar-refractivity contribution in [2.75, 3.05) is 0 Å². The van der Waals surface area contributed by atoms with Gasteiger partial charge in [-0.1, -0.05) is 53.4 Å². The van der Waals surface area contributed by atoms with Crippen molar-refractivity contribution in [1.82, 2.24) is 0 Å². The van der Waals surface area contributed by atoms with Crippen molar-refractivity contribution in [3.63, 3.8) is 0 Å². The van der Waals surface area contributed by atoms with Crippen LogP contribution in [0.4, 0.5) is 0 Å². The first-order valence-corrected chi connectivity index (χ1v) is 5.99. The van der Waals surface area contributed by atoms with Gasteiger partial charge in [-0.3, -0.25) is 0 Å². The Hall–Kier alpha value is -0.340. The summed E-state index contributed by atoms with van der Waals surface area (Å²) in [7, 11) is 0. The maximum absolute atomic E-state index is 10.0. The predicted molar refractivity (Wildman–Crippen MR) is 61.1 cm³/mol. The molecule has 1 aromatic carbocycles. The summed E-state index contributed by atoms with van der Waals surface area (Å²) >= 11 is 3.47. The average Bonchev–Trinajstić information content (AvgIpc) is 2.12. The summed E-state index contributed by atoms with van der Waals surface area (Å²) in [5.41, 5.74) is 1.03. The van der Waals surface area contributed by atoms with Crippen molar-refractivity contribution in [2.45, 2.75) is 31.8 Å². The average molecular weight is 255 g/mol. The van der Waals surface area contributed by atoms with E-state index in [9.17, 15) is 5.11 Å². The molecule has 1 aromatic rings. The molecule has 2 heteroatoms. The van der Waals surface area contributed by atoms with Crippen LogP contribution in [0, 0.1) is 5.92 Å². The molecular formula is C12H15BrO. The van der Waals surface area contributed by atoms with E-state index in [0.29, 0.717) is 0 Å². The third kappa shape index (κ3) is 2.18. The molecule has 1 N–H and O–H groups in total. The molecule has 14 heavy (non-hydrogen) atoms. The van der Waals surface area contributed by atoms with Crippen LogP contribution in [0.5, 0.6) is 0 Å². The van der Waals surface area contributed by atoms with E-state index in [0.717, 1.165) is 22.4 Å². The summed E-state index contributed by atoms with van der Waals surface area (Å²) in [6.45, 7) is 0. The van der Waals surface area contributed by atoms with Crippen molar-refractivity contribution in [3.05, 3.63) is 34.3 Å². The summed E-state index contributed by atoms with van der Waals surface area (Å²) < 4.78 is 1.02. The number of hydrogen-bond donors (Lipinski definition) is 1. The van der Waals surface area contributed by atoms with E-state index in [1.165, 1.54) is 19.3 Å². The summed E-state index contributed by atoms with van der Waals surface area (Å²) in [5, 5.41) is 10.0. The van der Waals surface area contributed by atoms with Crippen LogP contribution < -0.4 is 0 Å². The number of rotatable bonds is 3. The maximum Gasteiger partial charge on any atom is 0.0803 e. The molecule has 0 bridgehead atoms. The van der Waals surface area contributed by atoms with E-state index in [2.05, 4.69) is 15.9 Å². The summed E-state index contributed by atoms with van der Waals surface area (Å²) in [5.74, 6) is 0.747. The highest BCUT2D eigenvalue weighted by molar-refractivity contribution is 9.10. The fraction of sp³-hybridized carbons (Fsp3) is 0.500. The van der Waals surface area contributed by atoms with Gasteiger partial charge in [0.05, 0.1) is 6.10 Å². The van der Waals surface area contributed by atoms with Crippen LogP contribution in [-0.4, -0.2) is 5.11 Å². The Kier molecular flexibility index (Phi) is 3.24. The second-order valence-corrected chi connectivity index (χ2v) is 4.92. The summed E-state index contributed by atoms with van der Waals surface area (Å²) in [6.07, 6.45) is 4.55. The van der Waals surface area contributed by atoms with Crippen molar-refractivity contribution in [2.24, 2.45) is 5.92 Å². The van der Waals surface area contributed by atoms with Crippen LogP contribution in [0.15, 0.2) is 28.7 Å². The Balaban J connectivity index is 2.02. The van der Waals surface area contributed by atoms with Crippen LogP contribution in [0.2, 0.25) is 0 Å². The van der Waals surface area contributed by atoms with E-state index < -0.39 is 0 Å². The second-order valence-electron chi connectivity index (χ2n) is 4.07. The maximum atomic E-state index is 10.0. The minimum Gasteiger partial charge on any atom is -0.388 e. The van der Waals surface area contributed by atoms with Gasteiger partial charge in [-0.25, -0.2) is 0 Å². The number of benzene rings is 1. The number of halogens is 1. The molecule has 1 unspecified atom stereocenters. The molecule has 1 atom stereocenters. The van der Waals surface area contributed by atoms with Gasteiger partial charge in [-0.2, -0.15) is 0 Å². The number of aliphatic hydroxyl groups excluding tert-OH is 1. The fourth-order valence-corrected chi connectivity index (χ4v) is 2.47. The monoisotopic (exact) mass is 254 g/mol. The highest BCUT2D eigenvalue weighted by Crippen LogP contribution is 2.36. The van der Waals surface area contributed by atoms with Crippen LogP contribution in [0.25, 0.3) is 0 Å². The quantitative estimate of drug-likeness (QED) is 0.873. The lowest BCUT2D eigenvalue weighted by Gasteiger charge is -2.27.